The number of halogens is 1. The van der Waals surface area contributed by atoms with Crippen LogP contribution < -0.4 is 4.74 Å². The lowest BCUT2D eigenvalue weighted by atomic mass is 9.85. The lowest BCUT2D eigenvalue weighted by Gasteiger charge is -2.18. The topological polar surface area (TPSA) is 33.0 Å². The van der Waals surface area contributed by atoms with Crippen LogP contribution in [0.3, 0.4) is 0 Å². The Hall–Kier alpha value is -1.20. The minimum absolute atomic E-state index is 0.527. The summed E-state index contributed by atoms with van der Waals surface area (Å²) in [5, 5.41) is 9.58. The first-order valence-corrected chi connectivity index (χ1v) is 5.06. The molecule has 0 aliphatic rings. The highest BCUT2D eigenvalue weighted by molar-refractivity contribution is 6.32. The molecule has 1 aromatic carbocycles. The summed E-state index contributed by atoms with van der Waals surface area (Å²) >= 11 is 6.06. The zero-order chi connectivity index (χ0) is 11.6. The second-order valence-corrected chi connectivity index (χ2v) is 4.45. The Morgan fingerprint density at radius 1 is 1.40 bits per heavy atom. The molecule has 1 rings (SSSR count). The van der Waals surface area contributed by atoms with Gasteiger partial charge in [0.2, 0.25) is 0 Å². The van der Waals surface area contributed by atoms with Crippen molar-refractivity contribution in [1.82, 2.24) is 0 Å². The van der Waals surface area contributed by atoms with Crippen LogP contribution in [0.1, 0.15) is 25.0 Å². The monoisotopic (exact) mass is 223 g/mol. The Labute approximate surface area is 95.4 Å². The summed E-state index contributed by atoms with van der Waals surface area (Å²) in [6.45, 7) is 5.65. The molecule has 80 valence electrons. The first kappa shape index (κ1) is 11.9. The lowest BCUT2D eigenvalue weighted by molar-refractivity contribution is 0.411. The van der Waals surface area contributed by atoms with Crippen LogP contribution in [0.25, 0.3) is 0 Å². The fraction of sp³-hybridized carbons (Fsp3) is 0.417. The van der Waals surface area contributed by atoms with Gasteiger partial charge in [-0.1, -0.05) is 17.7 Å². The molecule has 0 amide bonds. The highest BCUT2D eigenvalue weighted by Gasteiger charge is 2.21. The number of ether oxygens (including phenoxy) is 1. The number of benzene rings is 1. The molecule has 0 fully saturated rings. The van der Waals surface area contributed by atoms with Gasteiger partial charge in [-0.05, 0) is 38.0 Å². The maximum atomic E-state index is 9.03. The molecule has 0 aromatic heterocycles. The molecule has 1 aromatic rings. The largest absolute Gasteiger partial charge is 0.495 e. The molecule has 0 radical (unpaired) electrons. The minimum Gasteiger partial charge on any atom is -0.495 e. The molecule has 0 saturated carbocycles. The third-order valence-corrected chi connectivity index (χ3v) is 2.72. The van der Waals surface area contributed by atoms with Crippen molar-refractivity contribution in [3.05, 3.63) is 28.3 Å². The van der Waals surface area contributed by atoms with Gasteiger partial charge in [-0.25, -0.2) is 0 Å². The van der Waals surface area contributed by atoms with E-state index in [1.54, 1.807) is 13.2 Å². The van der Waals surface area contributed by atoms with E-state index in [9.17, 15) is 0 Å². The van der Waals surface area contributed by atoms with Gasteiger partial charge in [0.05, 0.1) is 23.6 Å². The molecule has 0 spiro atoms. The first-order valence-electron chi connectivity index (χ1n) is 4.68. The normalized spacial score (nSPS) is 10.9. The smallest absolute Gasteiger partial charge is 0.140 e. The Morgan fingerprint density at radius 2 is 2.00 bits per heavy atom. The van der Waals surface area contributed by atoms with E-state index in [-0.39, 0.29) is 0 Å². The number of aryl methyl sites for hydroxylation is 1. The van der Waals surface area contributed by atoms with Crippen LogP contribution in [0, 0.1) is 18.3 Å². The summed E-state index contributed by atoms with van der Waals surface area (Å²) in [5.74, 6) is 0.675. The van der Waals surface area contributed by atoms with Gasteiger partial charge in [0, 0.05) is 0 Å². The molecular formula is C12H14ClNO. The molecule has 0 aliphatic carbocycles. The predicted octanol–water partition coefficient (Wildman–Crippen LogP) is 3.46. The Kier molecular flexibility index (Phi) is 3.26. The van der Waals surface area contributed by atoms with Crippen LogP contribution in [0.15, 0.2) is 12.1 Å². The van der Waals surface area contributed by atoms with Crippen molar-refractivity contribution < 1.29 is 4.74 Å². The van der Waals surface area contributed by atoms with E-state index in [0.717, 1.165) is 11.1 Å². The van der Waals surface area contributed by atoms with Gasteiger partial charge in [0.1, 0.15) is 5.75 Å². The van der Waals surface area contributed by atoms with Crippen LogP contribution in [-0.2, 0) is 5.41 Å². The van der Waals surface area contributed by atoms with Crippen molar-refractivity contribution in [3.8, 4) is 11.8 Å². The first-order chi connectivity index (χ1) is 6.92. The molecule has 0 atom stereocenters. The molecule has 2 nitrogen and oxygen atoms in total. The molecule has 0 bridgehead atoms. The van der Waals surface area contributed by atoms with Crippen LogP contribution >= 0.6 is 11.6 Å². The lowest BCUT2D eigenvalue weighted by Crippen LogP contribution is -2.14. The third-order valence-electron chi connectivity index (χ3n) is 2.43. The summed E-state index contributed by atoms with van der Waals surface area (Å²) in [7, 11) is 1.59. The number of hydrogen-bond acceptors (Lipinski definition) is 2. The van der Waals surface area contributed by atoms with Crippen LogP contribution in [0.2, 0.25) is 5.02 Å². The number of methoxy groups -OCH3 is 1. The average Bonchev–Trinajstić information content (AvgIpc) is 2.17. The fourth-order valence-electron chi connectivity index (χ4n) is 1.41. The summed E-state index contributed by atoms with van der Waals surface area (Å²) in [5.41, 5.74) is 1.33. The quantitative estimate of drug-likeness (QED) is 0.769. The molecule has 0 N–H and O–H groups in total. The molecule has 0 heterocycles. The van der Waals surface area contributed by atoms with Gasteiger partial charge in [-0.3, -0.25) is 0 Å². The highest BCUT2D eigenvalue weighted by Crippen LogP contribution is 2.34. The molecule has 3 heteroatoms. The van der Waals surface area contributed by atoms with Gasteiger partial charge in [0.25, 0.3) is 0 Å². The molecular weight excluding hydrogens is 210 g/mol. The van der Waals surface area contributed by atoms with Crippen molar-refractivity contribution >= 4 is 11.6 Å². The zero-order valence-electron chi connectivity index (χ0n) is 9.39. The second-order valence-electron chi connectivity index (χ2n) is 4.05. The minimum atomic E-state index is -0.527. The second kappa shape index (κ2) is 4.12. The number of hydrogen-bond donors (Lipinski definition) is 0. The van der Waals surface area contributed by atoms with Crippen LogP contribution in [0.4, 0.5) is 0 Å². The summed E-state index contributed by atoms with van der Waals surface area (Å²) < 4.78 is 5.16. The third kappa shape index (κ3) is 2.24. The van der Waals surface area contributed by atoms with Crippen molar-refractivity contribution in [2.75, 3.05) is 7.11 Å². The number of nitrogens with zero attached hydrogens (tertiary/aromatic N) is 1. The standard InChI is InChI=1S/C12H14ClNO/c1-8-5-9(12(2,3)7-14)6-10(13)11(8)15-4/h5-6H,1-4H3. The Balaban J connectivity index is 3.34. The van der Waals surface area contributed by atoms with Crippen molar-refractivity contribution in [2.45, 2.75) is 26.2 Å². The summed E-state index contributed by atoms with van der Waals surface area (Å²) in [6.07, 6.45) is 0. The Morgan fingerprint density at radius 3 is 2.40 bits per heavy atom. The number of nitriles is 1. The summed E-state index contributed by atoms with van der Waals surface area (Å²) in [6, 6.07) is 5.98. The van der Waals surface area contributed by atoms with E-state index in [1.165, 1.54) is 0 Å². The molecule has 0 aliphatic heterocycles. The SMILES string of the molecule is COc1c(C)cc(C(C)(C)C#N)cc1Cl. The summed E-state index contributed by atoms with van der Waals surface area (Å²) in [4.78, 5) is 0. The molecule has 0 saturated heterocycles. The van der Waals surface area contributed by atoms with E-state index in [1.807, 2.05) is 26.8 Å². The van der Waals surface area contributed by atoms with Gasteiger partial charge < -0.3 is 4.74 Å². The maximum absolute atomic E-state index is 9.03. The van der Waals surface area contributed by atoms with Crippen LogP contribution in [-0.4, -0.2) is 7.11 Å². The van der Waals surface area contributed by atoms with Gasteiger partial charge in [-0.15, -0.1) is 0 Å². The van der Waals surface area contributed by atoms with Crippen LogP contribution in [0.5, 0.6) is 5.75 Å². The van der Waals surface area contributed by atoms with Crippen molar-refractivity contribution in [1.29, 1.82) is 5.26 Å². The number of rotatable bonds is 2. The maximum Gasteiger partial charge on any atom is 0.140 e. The van der Waals surface area contributed by atoms with Crippen molar-refractivity contribution in [2.24, 2.45) is 0 Å². The van der Waals surface area contributed by atoms with E-state index in [4.69, 9.17) is 21.6 Å². The van der Waals surface area contributed by atoms with Gasteiger partial charge in [0.15, 0.2) is 0 Å². The average molecular weight is 224 g/mol. The van der Waals surface area contributed by atoms with E-state index in [2.05, 4.69) is 6.07 Å². The van der Waals surface area contributed by atoms with Gasteiger partial charge in [-0.2, -0.15) is 5.26 Å². The van der Waals surface area contributed by atoms with Gasteiger partial charge >= 0.3 is 0 Å². The van der Waals surface area contributed by atoms with E-state index in [0.29, 0.717) is 10.8 Å². The zero-order valence-corrected chi connectivity index (χ0v) is 10.1. The molecule has 0 unspecified atom stereocenters. The van der Waals surface area contributed by atoms with Crippen molar-refractivity contribution in [3.63, 3.8) is 0 Å². The van der Waals surface area contributed by atoms with E-state index >= 15 is 0 Å². The fourth-order valence-corrected chi connectivity index (χ4v) is 1.76. The Bertz CT molecular complexity index is 395. The molecule has 15 heavy (non-hydrogen) atoms. The van der Waals surface area contributed by atoms with E-state index < -0.39 is 5.41 Å². The predicted molar refractivity (Wildman–Crippen MR) is 61.4 cm³/mol. The highest BCUT2D eigenvalue weighted by atomic mass is 35.5.